The fourth-order valence-corrected chi connectivity index (χ4v) is 3.35. The second-order valence-corrected chi connectivity index (χ2v) is 5.67. The average Bonchev–Trinajstić information content (AvgIpc) is 3.15. The average molecular weight is 328 g/mol. The van der Waals surface area contributed by atoms with Crippen molar-refractivity contribution in [3.63, 3.8) is 0 Å². The Morgan fingerprint density at radius 3 is 2.54 bits per heavy atom. The zero-order valence-corrected chi connectivity index (χ0v) is 12.7. The van der Waals surface area contributed by atoms with Gasteiger partial charge in [0.25, 0.3) is 5.67 Å². The van der Waals surface area contributed by atoms with Crippen LogP contribution in [0.1, 0.15) is 27.4 Å². The molecule has 2 aliphatic rings. The van der Waals surface area contributed by atoms with Crippen molar-refractivity contribution >= 4 is 11.8 Å². The molecule has 1 heterocycles. The molecule has 0 amide bonds. The van der Waals surface area contributed by atoms with Crippen molar-refractivity contribution < 1.29 is 28.2 Å². The highest BCUT2D eigenvalue weighted by Gasteiger charge is 2.61. The SMILES string of the molecule is COC(=O)[C@@]1(F)C(=O)c2cc3c(cc2[C@@H]1c1ccccc1)OCO3. The second-order valence-electron chi connectivity index (χ2n) is 5.67. The molecule has 4 rings (SSSR count). The summed E-state index contributed by atoms with van der Waals surface area (Å²) in [4.78, 5) is 24.9. The Bertz CT molecular complexity index is 848. The molecule has 0 saturated carbocycles. The number of alkyl halides is 1. The van der Waals surface area contributed by atoms with Crippen molar-refractivity contribution in [2.75, 3.05) is 13.9 Å². The molecule has 2 aromatic carbocycles. The molecule has 122 valence electrons. The van der Waals surface area contributed by atoms with E-state index in [0.29, 0.717) is 22.6 Å². The smallest absolute Gasteiger partial charge is 0.352 e. The third-order valence-electron chi connectivity index (χ3n) is 4.44. The number of esters is 1. The highest BCUT2D eigenvalue weighted by atomic mass is 19.1. The van der Waals surface area contributed by atoms with Gasteiger partial charge in [0.05, 0.1) is 13.0 Å². The maximum atomic E-state index is 15.7. The van der Waals surface area contributed by atoms with Crippen molar-refractivity contribution in [1.82, 2.24) is 0 Å². The molecule has 6 heteroatoms. The summed E-state index contributed by atoms with van der Waals surface area (Å²) in [6.07, 6.45) is 0. The van der Waals surface area contributed by atoms with E-state index >= 15 is 4.39 Å². The third kappa shape index (κ3) is 1.79. The van der Waals surface area contributed by atoms with Crippen molar-refractivity contribution in [1.29, 1.82) is 0 Å². The number of ketones is 1. The first-order chi connectivity index (χ1) is 11.6. The van der Waals surface area contributed by atoms with Gasteiger partial charge in [0, 0.05) is 5.56 Å². The first-order valence-corrected chi connectivity index (χ1v) is 7.38. The van der Waals surface area contributed by atoms with Crippen LogP contribution in [0.2, 0.25) is 0 Å². The van der Waals surface area contributed by atoms with Gasteiger partial charge in [-0.25, -0.2) is 9.18 Å². The molecule has 2 atom stereocenters. The maximum absolute atomic E-state index is 15.7. The van der Waals surface area contributed by atoms with Gasteiger partial charge in [-0.3, -0.25) is 4.79 Å². The van der Waals surface area contributed by atoms with Gasteiger partial charge in [-0.1, -0.05) is 30.3 Å². The van der Waals surface area contributed by atoms with E-state index in [1.165, 1.54) is 6.07 Å². The van der Waals surface area contributed by atoms with E-state index in [4.69, 9.17) is 9.47 Å². The number of ether oxygens (including phenoxy) is 3. The molecule has 24 heavy (non-hydrogen) atoms. The summed E-state index contributed by atoms with van der Waals surface area (Å²) in [7, 11) is 1.06. The summed E-state index contributed by atoms with van der Waals surface area (Å²) in [5.74, 6) is -2.43. The number of benzene rings is 2. The molecule has 0 bridgehead atoms. The van der Waals surface area contributed by atoms with Gasteiger partial charge in [0.15, 0.2) is 11.5 Å². The lowest BCUT2D eigenvalue weighted by atomic mass is 9.83. The lowest BCUT2D eigenvalue weighted by molar-refractivity contribution is -0.151. The van der Waals surface area contributed by atoms with Gasteiger partial charge in [0.1, 0.15) is 0 Å². The summed E-state index contributed by atoms with van der Waals surface area (Å²) in [5, 5.41) is 0. The molecule has 0 saturated heterocycles. The molecule has 0 radical (unpaired) electrons. The van der Waals surface area contributed by atoms with E-state index in [2.05, 4.69) is 4.74 Å². The monoisotopic (exact) mass is 328 g/mol. The van der Waals surface area contributed by atoms with Crippen molar-refractivity contribution in [3.05, 3.63) is 59.2 Å². The van der Waals surface area contributed by atoms with E-state index in [9.17, 15) is 9.59 Å². The fourth-order valence-electron chi connectivity index (χ4n) is 3.35. The number of methoxy groups -OCH3 is 1. The Kier molecular flexibility index (Phi) is 3.09. The van der Waals surface area contributed by atoms with E-state index in [1.807, 2.05) is 0 Å². The van der Waals surface area contributed by atoms with Crippen LogP contribution in [-0.2, 0) is 9.53 Å². The number of Topliss-reactive ketones (excluding diaryl/α,β-unsaturated/α-hetero) is 1. The van der Waals surface area contributed by atoms with Crippen LogP contribution in [0.25, 0.3) is 0 Å². The molecule has 0 N–H and O–H groups in total. The normalized spacial score (nSPS) is 23.9. The number of carbonyl (C=O) groups is 2. The Labute approximate surface area is 136 Å². The van der Waals surface area contributed by atoms with Crippen LogP contribution in [0.15, 0.2) is 42.5 Å². The van der Waals surface area contributed by atoms with Crippen LogP contribution in [-0.4, -0.2) is 31.3 Å². The number of hydrogen-bond acceptors (Lipinski definition) is 5. The number of rotatable bonds is 2. The topological polar surface area (TPSA) is 61.8 Å². The van der Waals surface area contributed by atoms with Gasteiger partial charge in [-0.15, -0.1) is 0 Å². The lowest BCUT2D eigenvalue weighted by Gasteiger charge is -2.24. The van der Waals surface area contributed by atoms with Gasteiger partial charge < -0.3 is 14.2 Å². The largest absolute Gasteiger partial charge is 0.466 e. The standard InChI is InChI=1S/C18H13FO5/c1-22-17(21)18(19)15(10-5-3-2-4-6-10)11-7-13-14(24-9-23-13)8-12(11)16(18)20/h2-8,15H,9H2,1H3/t15-,18-/m0/s1. The van der Waals surface area contributed by atoms with Crippen LogP contribution in [0.3, 0.4) is 0 Å². The predicted molar refractivity (Wildman–Crippen MR) is 81.0 cm³/mol. The number of fused-ring (bicyclic) bond motifs is 2. The zero-order valence-electron chi connectivity index (χ0n) is 12.7. The minimum absolute atomic E-state index is 0.0419. The fraction of sp³-hybridized carbons (Fsp3) is 0.222. The summed E-state index contributed by atoms with van der Waals surface area (Å²) in [6.45, 7) is 0.0419. The minimum atomic E-state index is -2.81. The Morgan fingerprint density at radius 2 is 1.88 bits per heavy atom. The minimum Gasteiger partial charge on any atom is -0.466 e. The molecule has 2 aromatic rings. The predicted octanol–water partition coefficient (Wildman–Crippen LogP) is 2.62. The van der Waals surface area contributed by atoms with Gasteiger partial charge in [0.2, 0.25) is 12.6 Å². The van der Waals surface area contributed by atoms with E-state index < -0.39 is 23.3 Å². The maximum Gasteiger partial charge on any atom is 0.352 e. The van der Waals surface area contributed by atoms with E-state index in [0.717, 1.165) is 7.11 Å². The number of halogens is 1. The van der Waals surface area contributed by atoms with Crippen molar-refractivity contribution in [3.8, 4) is 11.5 Å². The molecule has 1 aliphatic carbocycles. The van der Waals surface area contributed by atoms with Crippen LogP contribution in [0.4, 0.5) is 4.39 Å². The van der Waals surface area contributed by atoms with E-state index in [1.54, 1.807) is 36.4 Å². The Hall–Kier alpha value is -2.89. The molecular formula is C18H13FO5. The highest BCUT2D eigenvalue weighted by Crippen LogP contribution is 2.51. The van der Waals surface area contributed by atoms with Gasteiger partial charge in [-0.05, 0) is 23.3 Å². The van der Waals surface area contributed by atoms with Crippen LogP contribution < -0.4 is 9.47 Å². The molecular weight excluding hydrogens is 315 g/mol. The lowest BCUT2D eigenvalue weighted by Crippen LogP contribution is -2.44. The van der Waals surface area contributed by atoms with Crippen molar-refractivity contribution in [2.45, 2.75) is 11.6 Å². The van der Waals surface area contributed by atoms with Crippen LogP contribution in [0, 0.1) is 0 Å². The Balaban J connectivity index is 1.97. The summed E-state index contributed by atoms with van der Waals surface area (Å²) in [6, 6.07) is 11.6. The van der Waals surface area contributed by atoms with Gasteiger partial charge in [-0.2, -0.15) is 0 Å². The molecule has 0 fully saturated rings. The number of hydrogen-bond donors (Lipinski definition) is 0. The molecule has 1 aliphatic heterocycles. The first kappa shape index (κ1) is 14.7. The third-order valence-corrected chi connectivity index (χ3v) is 4.44. The molecule has 5 nitrogen and oxygen atoms in total. The summed E-state index contributed by atoms with van der Waals surface area (Å²) >= 11 is 0. The molecule has 0 aromatic heterocycles. The van der Waals surface area contributed by atoms with Crippen LogP contribution in [0.5, 0.6) is 11.5 Å². The summed E-state index contributed by atoms with van der Waals surface area (Å²) < 4.78 is 30.9. The Morgan fingerprint density at radius 1 is 1.21 bits per heavy atom. The second kappa shape index (κ2) is 5.06. The first-order valence-electron chi connectivity index (χ1n) is 7.38. The quantitative estimate of drug-likeness (QED) is 0.626. The highest BCUT2D eigenvalue weighted by molar-refractivity contribution is 6.20. The van der Waals surface area contributed by atoms with Gasteiger partial charge >= 0.3 is 5.97 Å². The number of carbonyl (C=O) groups excluding carboxylic acids is 2. The molecule has 0 unspecified atom stereocenters. The summed E-state index contributed by atoms with van der Waals surface area (Å²) in [5.41, 5.74) is -1.80. The van der Waals surface area contributed by atoms with E-state index in [-0.39, 0.29) is 12.4 Å². The van der Waals surface area contributed by atoms with Crippen molar-refractivity contribution in [2.24, 2.45) is 0 Å². The van der Waals surface area contributed by atoms with Crippen LogP contribution >= 0.6 is 0 Å². The zero-order chi connectivity index (χ0) is 16.9. The molecule has 0 spiro atoms.